The number of aromatic hydroxyl groups is 1. The Morgan fingerprint density at radius 3 is 2.50 bits per heavy atom. The first-order valence-corrected chi connectivity index (χ1v) is 6.95. The van der Waals surface area contributed by atoms with Gasteiger partial charge in [0.25, 0.3) is 5.91 Å². The molecule has 122 valence electrons. The molecule has 6 nitrogen and oxygen atoms in total. The summed E-state index contributed by atoms with van der Waals surface area (Å²) in [6.07, 6.45) is 1.43. The Bertz CT molecular complexity index is 858. The van der Waals surface area contributed by atoms with Crippen LogP contribution in [0.2, 0.25) is 0 Å². The lowest BCUT2D eigenvalue weighted by atomic mass is 10.2. The zero-order valence-electron chi connectivity index (χ0n) is 12.3. The number of nitrogens with one attached hydrogen (secondary N) is 1. The summed E-state index contributed by atoms with van der Waals surface area (Å²) >= 11 is 0. The van der Waals surface area contributed by atoms with Crippen LogP contribution >= 0.6 is 0 Å². The predicted molar refractivity (Wildman–Crippen MR) is 81.5 cm³/mol. The van der Waals surface area contributed by atoms with E-state index in [1.165, 1.54) is 6.33 Å². The molecule has 3 aromatic rings. The van der Waals surface area contributed by atoms with E-state index < -0.39 is 23.3 Å². The Balaban J connectivity index is 1.80. The fraction of sp³-hybridized carbons (Fsp3) is 0.0625. The summed E-state index contributed by atoms with van der Waals surface area (Å²) in [5.41, 5.74) is 0.687. The number of anilines is 1. The summed E-state index contributed by atoms with van der Waals surface area (Å²) in [4.78, 5) is 12.1. The van der Waals surface area contributed by atoms with Gasteiger partial charge in [0.2, 0.25) is 5.95 Å². The first-order valence-electron chi connectivity index (χ1n) is 6.95. The van der Waals surface area contributed by atoms with E-state index in [4.69, 9.17) is 5.11 Å². The third-order valence-corrected chi connectivity index (χ3v) is 3.32. The Morgan fingerprint density at radius 1 is 1.17 bits per heavy atom. The maximum Gasteiger partial charge on any atom is 0.258 e. The summed E-state index contributed by atoms with van der Waals surface area (Å²) < 4.78 is 28.3. The summed E-state index contributed by atoms with van der Waals surface area (Å²) in [7, 11) is 0. The number of benzene rings is 2. The molecule has 1 aromatic heterocycles. The lowest BCUT2D eigenvalue weighted by Gasteiger charge is -2.08. The van der Waals surface area contributed by atoms with E-state index in [0.29, 0.717) is 6.54 Å². The van der Waals surface area contributed by atoms with Crippen molar-refractivity contribution in [3.63, 3.8) is 0 Å². The molecule has 0 radical (unpaired) electrons. The molecule has 0 saturated carbocycles. The van der Waals surface area contributed by atoms with Crippen LogP contribution in [0.15, 0.2) is 48.8 Å². The van der Waals surface area contributed by atoms with Crippen molar-refractivity contribution in [2.45, 2.75) is 6.54 Å². The van der Waals surface area contributed by atoms with Crippen molar-refractivity contribution in [3.05, 3.63) is 71.6 Å². The minimum atomic E-state index is -1.22. The van der Waals surface area contributed by atoms with Gasteiger partial charge < -0.3 is 5.11 Å². The number of halogens is 2. The van der Waals surface area contributed by atoms with Crippen molar-refractivity contribution < 1.29 is 18.7 Å². The SMILES string of the molecule is O=C(Nc1nncn1Cc1ccccc1)c1cc(F)c(O)c(F)c1. The van der Waals surface area contributed by atoms with Crippen LogP contribution in [0.5, 0.6) is 5.75 Å². The molecule has 0 aliphatic heterocycles. The van der Waals surface area contributed by atoms with Gasteiger partial charge in [-0.05, 0) is 17.7 Å². The van der Waals surface area contributed by atoms with Gasteiger partial charge >= 0.3 is 0 Å². The van der Waals surface area contributed by atoms with E-state index in [9.17, 15) is 13.6 Å². The van der Waals surface area contributed by atoms with Crippen molar-refractivity contribution in [1.29, 1.82) is 0 Å². The van der Waals surface area contributed by atoms with Crippen LogP contribution in [0.3, 0.4) is 0 Å². The molecule has 2 aromatic carbocycles. The van der Waals surface area contributed by atoms with E-state index in [2.05, 4.69) is 15.5 Å². The van der Waals surface area contributed by atoms with E-state index in [1.807, 2.05) is 30.3 Å². The number of phenolic OH excluding ortho intramolecular Hbond substituents is 1. The second-order valence-electron chi connectivity index (χ2n) is 5.01. The van der Waals surface area contributed by atoms with Crippen molar-refractivity contribution in [2.24, 2.45) is 0 Å². The van der Waals surface area contributed by atoms with Crippen LogP contribution in [0.4, 0.5) is 14.7 Å². The van der Waals surface area contributed by atoms with Gasteiger partial charge in [0.15, 0.2) is 17.4 Å². The fourth-order valence-corrected chi connectivity index (χ4v) is 2.12. The van der Waals surface area contributed by atoms with Gasteiger partial charge in [-0.3, -0.25) is 14.7 Å². The molecule has 0 saturated heterocycles. The van der Waals surface area contributed by atoms with Gasteiger partial charge in [0, 0.05) is 5.56 Å². The zero-order chi connectivity index (χ0) is 17.1. The van der Waals surface area contributed by atoms with Crippen LogP contribution in [-0.2, 0) is 6.54 Å². The Labute approximate surface area is 135 Å². The standard InChI is InChI=1S/C16H12F2N4O2/c17-12-6-11(7-13(18)14(12)23)15(24)20-16-21-19-9-22(16)8-10-4-2-1-3-5-10/h1-7,9,23H,8H2,(H,20,21,24). The van der Waals surface area contributed by atoms with Gasteiger partial charge in [-0.2, -0.15) is 0 Å². The molecule has 24 heavy (non-hydrogen) atoms. The van der Waals surface area contributed by atoms with Gasteiger partial charge in [0.05, 0.1) is 6.54 Å². The van der Waals surface area contributed by atoms with E-state index in [0.717, 1.165) is 17.7 Å². The summed E-state index contributed by atoms with van der Waals surface area (Å²) in [5, 5.41) is 19.0. The monoisotopic (exact) mass is 330 g/mol. The average Bonchev–Trinajstić information content (AvgIpc) is 3.00. The molecule has 0 spiro atoms. The molecule has 0 atom stereocenters. The number of rotatable bonds is 4. The lowest BCUT2D eigenvalue weighted by molar-refractivity contribution is 0.102. The molecule has 8 heteroatoms. The van der Waals surface area contributed by atoms with Gasteiger partial charge in [-0.25, -0.2) is 8.78 Å². The lowest BCUT2D eigenvalue weighted by Crippen LogP contribution is -2.16. The Kier molecular flexibility index (Phi) is 4.19. The number of nitrogens with zero attached hydrogens (tertiary/aromatic N) is 3. The molecule has 0 bridgehead atoms. The molecule has 0 aliphatic carbocycles. The predicted octanol–water partition coefficient (Wildman–Crippen LogP) is 2.56. The van der Waals surface area contributed by atoms with E-state index >= 15 is 0 Å². The van der Waals surface area contributed by atoms with Crippen molar-refractivity contribution >= 4 is 11.9 Å². The summed E-state index contributed by atoms with van der Waals surface area (Å²) in [6, 6.07) is 10.9. The molecule has 0 unspecified atom stereocenters. The average molecular weight is 330 g/mol. The second kappa shape index (κ2) is 6.45. The van der Waals surface area contributed by atoms with Crippen LogP contribution < -0.4 is 5.32 Å². The van der Waals surface area contributed by atoms with Gasteiger partial charge in [-0.1, -0.05) is 30.3 Å². The summed E-state index contributed by atoms with van der Waals surface area (Å²) in [6.45, 7) is 0.418. The number of aromatic nitrogens is 3. The maximum absolute atomic E-state index is 13.3. The Hall–Kier alpha value is -3.29. The molecule has 3 rings (SSSR count). The molecule has 1 amide bonds. The van der Waals surface area contributed by atoms with Crippen LogP contribution in [0.1, 0.15) is 15.9 Å². The molecule has 2 N–H and O–H groups in total. The van der Waals surface area contributed by atoms with Gasteiger partial charge in [-0.15, -0.1) is 10.2 Å². The van der Waals surface area contributed by atoms with Crippen LogP contribution in [0.25, 0.3) is 0 Å². The van der Waals surface area contributed by atoms with Crippen molar-refractivity contribution in [3.8, 4) is 5.75 Å². The third-order valence-electron chi connectivity index (χ3n) is 3.32. The smallest absolute Gasteiger partial charge is 0.258 e. The molecule has 0 aliphatic rings. The second-order valence-corrected chi connectivity index (χ2v) is 5.01. The maximum atomic E-state index is 13.3. The molecular formula is C16H12F2N4O2. The zero-order valence-corrected chi connectivity index (χ0v) is 12.3. The quantitative estimate of drug-likeness (QED) is 0.770. The number of hydrogen-bond donors (Lipinski definition) is 2. The third kappa shape index (κ3) is 3.22. The normalized spacial score (nSPS) is 10.6. The fourth-order valence-electron chi connectivity index (χ4n) is 2.12. The van der Waals surface area contributed by atoms with E-state index in [1.54, 1.807) is 4.57 Å². The largest absolute Gasteiger partial charge is 0.503 e. The highest BCUT2D eigenvalue weighted by molar-refractivity contribution is 6.03. The molecular weight excluding hydrogens is 318 g/mol. The first kappa shape index (κ1) is 15.6. The number of carbonyl (C=O) groups is 1. The number of amides is 1. The van der Waals surface area contributed by atoms with Crippen molar-refractivity contribution in [1.82, 2.24) is 14.8 Å². The number of phenols is 1. The highest BCUT2D eigenvalue weighted by atomic mass is 19.1. The van der Waals surface area contributed by atoms with Crippen molar-refractivity contribution in [2.75, 3.05) is 5.32 Å². The summed E-state index contributed by atoms with van der Waals surface area (Å²) in [5.74, 6) is -4.19. The number of hydrogen-bond acceptors (Lipinski definition) is 4. The highest BCUT2D eigenvalue weighted by Gasteiger charge is 2.16. The minimum Gasteiger partial charge on any atom is -0.503 e. The van der Waals surface area contributed by atoms with Gasteiger partial charge in [0.1, 0.15) is 6.33 Å². The molecule has 1 heterocycles. The van der Waals surface area contributed by atoms with E-state index in [-0.39, 0.29) is 11.5 Å². The van der Waals surface area contributed by atoms with Crippen LogP contribution in [-0.4, -0.2) is 25.8 Å². The van der Waals surface area contributed by atoms with Crippen LogP contribution in [0, 0.1) is 11.6 Å². The Morgan fingerprint density at radius 2 is 1.83 bits per heavy atom. The minimum absolute atomic E-state index is 0.137. The first-order chi connectivity index (χ1) is 11.5. The molecule has 0 fully saturated rings. The number of carbonyl (C=O) groups excluding carboxylic acids is 1. The topological polar surface area (TPSA) is 80.0 Å². The highest BCUT2D eigenvalue weighted by Crippen LogP contribution is 2.22.